The number of sulfonamides is 1. The Kier molecular flexibility index (Phi) is 8.08. The van der Waals surface area contributed by atoms with Crippen LogP contribution < -0.4 is 10.3 Å². The maximum Gasteiger partial charge on any atom is 0.277 e. The maximum atomic E-state index is 13.3. The highest BCUT2D eigenvalue weighted by Gasteiger charge is 2.37. The first-order valence-corrected chi connectivity index (χ1v) is 13.7. The summed E-state index contributed by atoms with van der Waals surface area (Å²) in [5.41, 5.74) is 1.62. The molecule has 2 aromatic heterocycles. The summed E-state index contributed by atoms with van der Waals surface area (Å²) in [6.07, 6.45) is 2.73. The monoisotopic (exact) mass is 519 g/mol. The Balaban J connectivity index is 1.66. The quantitative estimate of drug-likeness (QED) is 0.346. The smallest absolute Gasteiger partial charge is 0.277 e. The number of benzene rings is 1. The lowest BCUT2D eigenvalue weighted by Crippen LogP contribution is -2.54. The second-order valence-corrected chi connectivity index (χ2v) is 10.7. The van der Waals surface area contributed by atoms with Crippen molar-refractivity contribution in [2.24, 2.45) is 7.05 Å². The molecule has 0 bridgehead atoms. The zero-order valence-electron chi connectivity index (χ0n) is 20.9. The van der Waals surface area contributed by atoms with Crippen LogP contribution in [0.5, 0.6) is 5.75 Å². The first-order chi connectivity index (χ1) is 17.3. The van der Waals surface area contributed by atoms with E-state index in [0.29, 0.717) is 48.4 Å². The molecule has 0 saturated carbocycles. The highest BCUT2D eigenvalue weighted by atomic mass is 32.2. The number of hydrogen-bond donors (Lipinski definition) is 2. The van der Waals surface area contributed by atoms with Crippen molar-refractivity contribution in [3.8, 4) is 17.1 Å². The second-order valence-electron chi connectivity index (χ2n) is 8.77. The number of nitrogens with one attached hydrogen (secondary N) is 1. The van der Waals surface area contributed by atoms with Crippen LogP contribution in [0.2, 0.25) is 0 Å². The molecule has 1 aliphatic rings. The Hall–Kier alpha value is -2.80. The predicted octanol–water partition coefficient (Wildman–Crippen LogP) is 1.84. The van der Waals surface area contributed by atoms with E-state index in [9.17, 15) is 13.2 Å². The third-order valence-electron chi connectivity index (χ3n) is 6.11. The van der Waals surface area contributed by atoms with E-state index in [-0.39, 0.29) is 42.1 Å². The number of unbranched alkanes of at least 4 members (excludes halogenated alkanes) is 1. The molecule has 0 aliphatic carbocycles. The number of nitrogens with zero attached hydrogens (tertiary/aromatic N) is 4. The minimum Gasteiger partial charge on any atom is -0.493 e. The van der Waals surface area contributed by atoms with Gasteiger partial charge in [0.25, 0.3) is 5.56 Å². The molecule has 196 valence electrons. The normalized spacial score (nSPS) is 14.9. The molecular weight excluding hydrogens is 486 g/mol. The number of H-pyrrole nitrogens is 1. The van der Waals surface area contributed by atoms with Gasteiger partial charge in [-0.2, -0.15) is 9.40 Å². The van der Waals surface area contributed by atoms with Gasteiger partial charge in [0.15, 0.2) is 5.52 Å². The summed E-state index contributed by atoms with van der Waals surface area (Å²) in [5, 5.41) is 13.3. The van der Waals surface area contributed by atoms with E-state index >= 15 is 0 Å². The van der Waals surface area contributed by atoms with E-state index in [1.54, 1.807) is 13.1 Å². The molecule has 0 atom stereocenters. The first kappa shape index (κ1) is 26.3. The summed E-state index contributed by atoms with van der Waals surface area (Å²) in [7, 11) is -2.07. The lowest BCUT2D eigenvalue weighted by molar-refractivity contribution is -0.0219. The van der Waals surface area contributed by atoms with E-state index in [0.717, 1.165) is 18.5 Å². The van der Waals surface area contributed by atoms with Gasteiger partial charge in [-0.25, -0.2) is 13.4 Å². The molecule has 3 aromatic rings. The van der Waals surface area contributed by atoms with Crippen molar-refractivity contribution in [1.29, 1.82) is 0 Å². The van der Waals surface area contributed by atoms with Crippen molar-refractivity contribution in [2.45, 2.75) is 50.5 Å². The van der Waals surface area contributed by atoms with E-state index in [2.05, 4.69) is 15.1 Å². The van der Waals surface area contributed by atoms with E-state index in [1.165, 1.54) is 21.1 Å². The predicted molar refractivity (Wildman–Crippen MR) is 135 cm³/mol. The molecule has 12 heteroatoms. The topological polar surface area (TPSA) is 140 Å². The van der Waals surface area contributed by atoms with Gasteiger partial charge in [-0.05, 0) is 44.4 Å². The number of rotatable bonds is 12. The summed E-state index contributed by atoms with van der Waals surface area (Å²) in [4.78, 5) is 20.5. The summed E-state index contributed by atoms with van der Waals surface area (Å²) >= 11 is 0. The Morgan fingerprint density at radius 2 is 2.00 bits per heavy atom. The zero-order chi connectivity index (χ0) is 25.9. The maximum absolute atomic E-state index is 13.3. The van der Waals surface area contributed by atoms with Crippen LogP contribution in [0.3, 0.4) is 0 Å². The third-order valence-corrected chi connectivity index (χ3v) is 7.94. The molecule has 36 heavy (non-hydrogen) atoms. The molecule has 1 aromatic carbocycles. The van der Waals surface area contributed by atoms with Crippen molar-refractivity contribution in [3.05, 3.63) is 34.2 Å². The number of aliphatic hydroxyl groups excluding tert-OH is 1. The summed E-state index contributed by atoms with van der Waals surface area (Å²) in [6.45, 7) is 5.35. The van der Waals surface area contributed by atoms with Crippen LogP contribution in [-0.4, -0.2) is 76.6 Å². The number of aromatic amines is 1. The van der Waals surface area contributed by atoms with Crippen molar-refractivity contribution in [2.75, 3.05) is 32.9 Å². The Labute approximate surface area is 210 Å². The molecule has 1 aliphatic heterocycles. The number of aliphatic hydroxyl groups is 1. The van der Waals surface area contributed by atoms with Gasteiger partial charge >= 0.3 is 0 Å². The molecule has 11 nitrogen and oxygen atoms in total. The highest BCUT2D eigenvalue weighted by molar-refractivity contribution is 7.89. The molecule has 0 unspecified atom stereocenters. The molecule has 4 rings (SSSR count). The summed E-state index contributed by atoms with van der Waals surface area (Å²) in [5.74, 6) is 0.653. The number of aryl methyl sites for hydroxylation is 2. The minimum atomic E-state index is -3.78. The fraction of sp³-hybridized carbons (Fsp3) is 0.542. The van der Waals surface area contributed by atoms with Crippen LogP contribution in [0.25, 0.3) is 22.4 Å². The van der Waals surface area contributed by atoms with E-state index in [4.69, 9.17) is 14.6 Å². The molecule has 2 N–H and O–H groups in total. The fourth-order valence-electron chi connectivity index (χ4n) is 4.23. The Morgan fingerprint density at radius 3 is 2.69 bits per heavy atom. The molecule has 3 heterocycles. The highest BCUT2D eigenvalue weighted by Crippen LogP contribution is 2.33. The van der Waals surface area contributed by atoms with Gasteiger partial charge in [0, 0.05) is 33.4 Å². The lowest BCUT2D eigenvalue weighted by atomic mass is 10.1. The lowest BCUT2D eigenvalue weighted by Gasteiger charge is -2.37. The van der Waals surface area contributed by atoms with E-state index in [1.807, 2.05) is 13.8 Å². The molecule has 1 fully saturated rings. The third kappa shape index (κ3) is 5.17. The van der Waals surface area contributed by atoms with Crippen molar-refractivity contribution >= 4 is 21.1 Å². The van der Waals surface area contributed by atoms with Crippen molar-refractivity contribution in [1.82, 2.24) is 24.1 Å². The standard InChI is InChI=1S/C24H33N5O6S/c1-4-8-19-21-22(28(3)27-19)24(31)26-23(25-21)18-13-17(9-10-20(18)34-5-2)36(32,33)29-14-16(15-29)35-12-7-6-11-30/h9-10,13,16,30H,4-8,11-12,14-15H2,1-3H3,(H,25,26,31). The van der Waals surface area contributed by atoms with Crippen molar-refractivity contribution < 1.29 is 23.0 Å². The van der Waals surface area contributed by atoms with Crippen LogP contribution in [0.4, 0.5) is 0 Å². The molecular formula is C24H33N5O6S. The average Bonchev–Trinajstić information content (AvgIpc) is 3.13. The van der Waals surface area contributed by atoms with Gasteiger partial charge in [-0.15, -0.1) is 0 Å². The van der Waals surface area contributed by atoms with Gasteiger partial charge in [0.1, 0.15) is 17.1 Å². The van der Waals surface area contributed by atoms with E-state index < -0.39 is 10.0 Å². The van der Waals surface area contributed by atoms with Crippen LogP contribution in [0, 0.1) is 0 Å². The van der Waals surface area contributed by atoms with Crippen LogP contribution in [0.15, 0.2) is 27.9 Å². The van der Waals surface area contributed by atoms with Crippen molar-refractivity contribution in [3.63, 3.8) is 0 Å². The number of ether oxygens (including phenoxy) is 2. The number of fused-ring (bicyclic) bond motifs is 1. The summed E-state index contributed by atoms with van der Waals surface area (Å²) in [6, 6.07) is 4.59. The van der Waals surface area contributed by atoms with Crippen LogP contribution >= 0.6 is 0 Å². The Bertz CT molecular complexity index is 1380. The second kappa shape index (κ2) is 11.1. The zero-order valence-corrected chi connectivity index (χ0v) is 21.7. The molecule has 0 amide bonds. The SMILES string of the molecule is CCCc1nn(C)c2c(=O)[nH]c(-c3cc(S(=O)(=O)N4CC(OCCCCO)C4)ccc3OCC)nc12. The van der Waals surface area contributed by atoms with Crippen LogP contribution in [-0.2, 0) is 28.2 Å². The van der Waals surface area contributed by atoms with Gasteiger partial charge in [0.2, 0.25) is 10.0 Å². The fourth-order valence-corrected chi connectivity index (χ4v) is 5.76. The largest absolute Gasteiger partial charge is 0.493 e. The van der Waals surface area contributed by atoms with Gasteiger partial charge < -0.3 is 19.6 Å². The van der Waals surface area contributed by atoms with Gasteiger partial charge in [-0.3, -0.25) is 9.48 Å². The molecule has 0 radical (unpaired) electrons. The number of aromatic nitrogens is 4. The Morgan fingerprint density at radius 1 is 1.22 bits per heavy atom. The molecule has 1 saturated heterocycles. The van der Waals surface area contributed by atoms with Crippen LogP contribution in [0.1, 0.15) is 38.8 Å². The molecule has 0 spiro atoms. The number of hydrogen-bond acceptors (Lipinski definition) is 8. The summed E-state index contributed by atoms with van der Waals surface area (Å²) < 4.78 is 40.9. The van der Waals surface area contributed by atoms with Gasteiger partial charge in [0.05, 0.1) is 28.9 Å². The minimum absolute atomic E-state index is 0.0856. The first-order valence-electron chi connectivity index (χ1n) is 12.3. The van der Waals surface area contributed by atoms with Gasteiger partial charge in [-0.1, -0.05) is 13.3 Å². The average molecular weight is 520 g/mol.